The fourth-order valence-electron chi connectivity index (χ4n) is 3.85. The minimum absolute atomic E-state index is 0.00338. The minimum Gasteiger partial charge on any atom is -0.468 e. The first kappa shape index (κ1) is 17.9. The molecule has 2 aliphatic heterocycles. The highest BCUT2D eigenvalue weighted by molar-refractivity contribution is 5.87. The zero-order chi connectivity index (χ0) is 17.8. The number of piperidine rings is 1. The molecule has 7 nitrogen and oxygen atoms in total. The molecule has 0 spiro atoms. The summed E-state index contributed by atoms with van der Waals surface area (Å²) in [6.07, 6.45) is 4.85. The molecule has 2 aliphatic rings. The van der Waals surface area contributed by atoms with Crippen molar-refractivity contribution in [3.05, 3.63) is 24.2 Å². The Morgan fingerprint density at radius 3 is 2.76 bits per heavy atom. The molecular weight excluding hydrogens is 322 g/mol. The summed E-state index contributed by atoms with van der Waals surface area (Å²) in [6.45, 7) is 4.06. The molecule has 3 rings (SSSR count). The van der Waals surface area contributed by atoms with Crippen molar-refractivity contribution in [1.82, 2.24) is 15.1 Å². The second kappa shape index (κ2) is 8.01. The lowest BCUT2D eigenvalue weighted by Crippen LogP contribution is -2.48. The average molecular weight is 349 g/mol. The summed E-state index contributed by atoms with van der Waals surface area (Å²) in [7, 11) is 0. The number of furan rings is 1. The second-order valence-electron chi connectivity index (χ2n) is 6.95. The molecular formula is C18H27N3O4. The molecule has 2 fully saturated rings. The summed E-state index contributed by atoms with van der Waals surface area (Å²) >= 11 is 0. The SMILES string of the molecule is CC(=O)N1C[C@@H](O)C[C@@H]1C(=O)NCC(c1ccco1)N1CCCCC1. The fraction of sp³-hybridized carbons (Fsp3) is 0.667. The van der Waals surface area contributed by atoms with Crippen LogP contribution in [0.25, 0.3) is 0 Å². The smallest absolute Gasteiger partial charge is 0.242 e. The average Bonchev–Trinajstić information content (AvgIpc) is 3.25. The van der Waals surface area contributed by atoms with Crippen LogP contribution in [-0.2, 0) is 9.59 Å². The van der Waals surface area contributed by atoms with E-state index in [0.717, 1.165) is 31.7 Å². The van der Waals surface area contributed by atoms with Crippen LogP contribution in [0.3, 0.4) is 0 Å². The largest absolute Gasteiger partial charge is 0.468 e. The van der Waals surface area contributed by atoms with Crippen molar-refractivity contribution >= 4 is 11.8 Å². The van der Waals surface area contributed by atoms with Gasteiger partial charge in [0, 0.05) is 26.4 Å². The van der Waals surface area contributed by atoms with Crippen LogP contribution in [0.5, 0.6) is 0 Å². The summed E-state index contributed by atoms with van der Waals surface area (Å²) < 4.78 is 5.59. The maximum Gasteiger partial charge on any atom is 0.242 e. The zero-order valence-corrected chi connectivity index (χ0v) is 14.7. The Hall–Kier alpha value is -1.86. The van der Waals surface area contributed by atoms with E-state index in [2.05, 4.69) is 10.2 Å². The highest BCUT2D eigenvalue weighted by atomic mass is 16.3. The number of amides is 2. The molecule has 25 heavy (non-hydrogen) atoms. The lowest BCUT2D eigenvalue weighted by atomic mass is 10.1. The maximum absolute atomic E-state index is 12.6. The van der Waals surface area contributed by atoms with Crippen molar-refractivity contribution in [2.75, 3.05) is 26.2 Å². The van der Waals surface area contributed by atoms with E-state index < -0.39 is 12.1 Å². The Morgan fingerprint density at radius 1 is 1.36 bits per heavy atom. The van der Waals surface area contributed by atoms with E-state index in [1.54, 1.807) is 6.26 Å². The highest BCUT2D eigenvalue weighted by Crippen LogP contribution is 2.25. The number of β-amino-alcohol motifs (C(OH)–C–C–N with tert-alkyl or cyclic N) is 1. The lowest BCUT2D eigenvalue weighted by molar-refractivity contribution is -0.137. The Labute approximate surface area is 148 Å². The number of aliphatic hydroxyl groups excluding tert-OH is 1. The number of carbonyl (C=O) groups is 2. The van der Waals surface area contributed by atoms with Crippen molar-refractivity contribution < 1.29 is 19.1 Å². The van der Waals surface area contributed by atoms with Gasteiger partial charge in [-0.25, -0.2) is 0 Å². The number of carbonyl (C=O) groups excluding carboxylic acids is 2. The summed E-state index contributed by atoms with van der Waals surface area (Å²) in [5.41, 5.74) is 0. The van der Waals surface area contributed by atoms with Gasteiger partial charge in [-0.05, 0) is 38.1 Å². The molecule has 7 heteroatoms. The number of likely N-dealkylation sites (tertiary alicyclic amines) is 2. The van der Waals surface area contributed by atoms with Crippen molar-refractivity contribution in [3.63, 3.8) is 0 Å². The summed E-state index contributed by atoms with van der Waals surface area (Å²) in [6, 6.07) is 3.20. The minimum atomic E-state index is -0.636. The van der Waals surface area contributed by atoms with E-state index in [4.69, 9.17) is 4.42 Å². The molecule has 138 valence electrons. The maximum atomic E-state index is 12.6. The number of nitrogens with one attached hydrogen (secondary N) is 1. The standard InChI is InChI=1S/C18H27N3O4/c1-13(22)21-12-14(23)10-15(21)18(24)19-11-16(17-6-5-9-25-17)20-7-3-2-4-8-20/h5-6,9,14-16,23H,2-4,7-8,10-12H2,1H3,(H,19,24)/t14-,15+,16?/m0/s1. The van der Waals surface area contributed by atoms with Crippen LogP contribution < -0.4 is 5.32 Å². The van der Waals surface area contributed by atoms with Crippen LogP contribution in [0.2, 0.25) is 0 Å². The first-order chi connectivity index (χ1) is 12.1. The molecule has 1 aromatic heterocycles. The van der Waals surface area contributed by atoms with Crippen LogP contribution in [0.4, 0.5) is 0 Å². The van der Waals surface area contributed by atoms with E-state index in [1.165, 1.54) is 18.2 Å². The summed E-state index contributed by atoms with van der Waals surface area (Å²) in [5.74, 6) is 0.452. The number of hydrogen-bond donors (Lipinski definition) is 2. The molecule has 3 atom stereocenters. The van der Waals surface area contributed by atoms with Gasteiger partial charge in [-0.2, -0.15) is 0 Å². The third-order valence-electron chi connectivity index (χ3n) is 5.16. The fourth-order valence-corrected chi connectivity index (χ4v) is 3.85. The zero-order valence-electron chi connectivity index (χ0n) is 14.7. The van der Waals surface area contributed by atoms with E-state index >= 15 is 0 Å². The molecule has 1 unspecified atom stereocenters. The summed E-state index contributed by atoms with van der Waals surface area (Å²) in [5, 5.41) is 12.8. The van der Waals surface area contributed by atoms with Gasteiger partial charge in [0.1, 0.15) is 11.8 Å². The quantitative estimate of drug-likeness (QED) is 0.825. The van der Waals surface area contributed by atoms with Crippen LogP contribution in [-0.4, -0.2) is 65.0 Å². The van der Waals surface area contributed by atoms with Crippen LogP contribution in [0.15, 0.2) is 22.8 Å². The van der Waals surface area contributed by atoms with E-state index in [9.17, 15) is 14.7 Å². The van der Waals surface area contributed by atoms with Crippen molar-refractivity contribution in [1.29, 1.82) is 0 Å². The topological polar surface area (TPSA) is 86.0 Å². The third kappa shape index (κ3) is 4.22. The second-order valence-corrected chi connectivity index (χ2v) is 6.95. The van der Waals surface area contributed by atoms with Gasteiger partial charge in [-0.3, -0.25) is 14.5 Å². The van der Waals surface area contributed by atoms with Gasteiger partial charge in [-0.1, -0.05) is 6.42 Å². The van der Waals surface area contributed by atoms with E-state index in [1.807, 2.05) is 12.1 Å². The number of nitrogens with zero attached hydrogens (tertiary/aromatic N) is 2. The van der Waals surface area contributed by atoms with Crippen molar-refractivity contribution in [2.45, 2.75) is 50.8 Å². The van der Waals surface area contributed by atoms with Gasteiger partial charge >= 0.3 is 0 Å². The molecule has 2 amide bonds. The molecule has 0 saturated carbocycles. The molecule has 0 bridgehead atoms. The van der Waals surface area contributed by atoms with Gasteiger partial charge < -0.3 is 19.7 Å². The number of aliphatic hydroxyl groups is 1. The monoisotopic (exact) mass is 349 g/mol. The Bertz CT molecular complexity index is 583. The van der Waals surface area contributed by atoms with Crippen LogP contribution in [0, 0.1) is 0 Å². The molecule has 0 aromatic carbocycles. The van der Waals surface area contributed by atoms with Gasteiger partial charge in [0.2, 0.25) is 11.8 Å². The molecule has 1 aromatic rings. The third-order valence-corrected chi connectivity index (χ3v) is 5.16. The van der Waals surface area contributed by atoms with Gasteiger partial charge in [0.05, 0.1) is 18.4 Å². The predicted molar refractivity (Wildman–Crippen MR) is 91.7 cm³/mol. The predicted octanol–water partition coefficient (Wildman–Crippen LogP) is 0.904. The Kier molecular flexibility index (Phi) is 5.75. The lowest BCUT2D eigenvalue weighted by Gasteiger charge is -2.34. The molecule has 2 N–H and O–H groups in total. The Morgan fingerprint density at radius 2 is 2.12 bits per heavy atom. The summed E-state index contributed by atoms with van der Waals surface area (Å²) in [4.78, 5) is 28.1. The van der Waals surface area contributed by atoms with Crippen LogP contribution >= 0.6 is 0 Å². The molecule has 0 aliphatic carbocycles. The van der Waals surface area contributed by atoms with Gasteiger partial charge in [0.15, 0.2) is 0 Å². The van der Waals surface area contributed by atoms with Gasteiger partial charge in [0.25, 0.3) is 0 Å². The van der Waals surface area contributed by atoms with E-state index in [0.29, 0.717) is 13.0 Å². The van der Waals surface area contributed by atoms with E-state index in [-0.39, 0.29) is 24.4 Å². The highest BCUT2D eigenvalue weighted by Gasteiger charge is 2.38. The molecule has 0 radical (unpaired) electrons. The molecule has 2 saturated heterocycles. The van der Waals surface area contributed by atoms with Gasteiger partial charge in [-0.15, -0.1) is 0 Å². The first-order valence-electron chi connectivity index (χ1n) is 9.06. The number of hydrogen-bond acceptors (Lipinski definition) is 5. The van der Waals surface area contributed by atoms with Crippen LogP contribution in [0.1, 0.15) is 44.4 Å². The first-order valence-corrected chi connectivity index (χ1v) is 9.06. The normalized spacial score (nSPS) is 25.8. The Balaban J connectivity index is 1.64. The van der Waals surface area contributed by atoms with Crippen molar-refractivity contribution in [2.24, 2.45) is 0 Å². The molecule has 3 heterocycles. The number of rotatable bonds is 5. The van der Waals surface area contributed by atoms with Crippen molar-refractivity contribution in [3.8, 4) is 0 Å².